The molecule has 3 heterocycles. The van der Waals surface area contributed by atoms with Crippen LogP contribution in [0.2, 0.25) is 0 Å². The lowest BCUT2D eigenvalue weighted by Crippen LogP contribution is -2.51. The number of amides is 1. The van der Waals surface area contributed by atoms with Gasteiger partial charge in [0.05, 0.1) is 12.0 Å². The Morgan fingerprint density at radius 2 is 1.38 bits per heavy atom. The lowest BCUT2D eigenvalue weighted by molar-refractivity contribution is -0.150. The molecule has 4 unspecified atom stereocenters. The quantitative estimate of drug-likeness (QED) is 0.147. The molecule has 5 aromatic rings. The fourth-order valence-electron chi connectivity index (χ4n) is 7.66. The number of nitrogens with one attached hydrogen (secondary N) is 1. The summed E-state index contributed by atoms with van der Waals surface area (Å²) in [6.07, 6.45) is 3.21. The zero-order valence-corrected chi connectivity index (χ0v) is 26.7. The first-order valence-corrected chi connectivity index (χ1v) is 16.3. The molecule has 0 radical (unpaired) electrons. The molecule has 1 saturated heterocycles. The van der Waals surface area contributed by atoms with Crippen molar-refractivity contribution >= 4 is 51.0 Å². The van der Waals surface area contributed by atoms with E-state index in [2.05, 4.69) is 21.2 Å². The summed E-state index contributed by atoms with van der Waals surface area (Å²) in [6, 6.07) is 39.7. The standard InChI is InChI=1S/C40H29BrN2O4/c41-29-22-19-26(20-23-29)36(44)34-35(38(45)47-37(27-12-3-1-4-13-27)28-14-5-2-6-15-28)43-32-18-10-7-11-25(32)21-24-33(43)40(34)30-16-8-9-17-31(30)42-39(40)46/h1-24,33-35,37H,(H,42,46). The van der Waals surface area contributed by atoms with Crippen LogP contribution in [0.1, 0.15) is 38.7 Å². The van der Waals surface area contributed by atoms with E-state index in [0.29, 0.717) is 16.8 Å². The van der Waals surface area contributed by atoms with E-state index >= 15 is 9.59 Å². The number of fused-ring (bicyclic) bond motifs is 6. The molecule has 230 valence electrons. The monoisotopic (exact) mass is 680 g/mol. The number of Topliss-reactive ketones (excluding diaryl/α,β-unsaturated/α-hetero) is 1. The van der Waals surface area contributed by atoms with E-state index < -0.39 is 35.5 Å². The minimum Gasteiger partial charge on any atom is -0.451 e. The predicted octanol–water partition coefficient (Wildman–Crippen LogP) is 7.76. The van der Waals surface area contributed by atoms with Crippen LogP contribution in [0.15, 0.2) is 144 Å². The number of ketones is 1. The van der Waals surface area contributed by atoms with E-state index in [-0.39, 0.29) is 11.7 Å². The normalized spacial score (nSPS) is 22.0. The molecule has 4 atom stereocenters. The first-order chi connectivity index (χ1) is 23.0. The average Bonchev–Trinajstić information content (AvgIpc) is 3.60. The maximum atomic E-state index is 15.0. The second kappa shape index (κ2) is 11.5. The Labute approximate surface area is 280 Å². The van der Waals surface area contributed by atoms with Crippen LogP contribution in [0.3, 0.4) is 0 Å². The Morgan fingerprint density at radius 1 is 0.766 bits per heavy atom. The highest BCUT2D eigenvalue weighted by molar-refractivity contribution is 9.10. The third-order valence-electron chi connectivity index (χ3n) is 9.63. The van der Waals surface area contributed by atoms with E-state index in [4.69, 9.17) is 4.74 Å². The summed E-state index contributed by atoms with van der Waals surface area (Å²) >= 11 is 3.48. The van der Waals surface area contributed by atoms with Crippen molar-refractivity contribution in [2.75, 3.05) is 10.2 Å². The fraction of sp³-hybridized carbons (Fsp3) is 0.125. The maximum absolute atomic E-state index is 15.0. The summed E-state index contributed by atoms with van der Waals surface area (Å²) in [6.45, 7) is 0. The van der Waals surface area contributed by atoms with Crippen LogP contribution in [-0.4, -0.2) is 29.7 Å². The van der Waals surface area contributed by atoms with Crippen LogP contribution >= 0.6 is 15.9 Å². The number of nitrogens with zero attached hydrogens (tertiary/aromatic N) is 1. The number of esters is 1. The second-order valence-electron chi connectivity index (χ2n) is 12.1. The van der Waals surface area contributed by atoms with E-state index in [0.717, 1.165) is 26.9 Å². The molecule has 0 aromatic heterocycles. The van der Waals surface area contributed by atoms with Crippen molar-refractivity contribution in [1.82, 2.24) is 0 Å². The molecular formula is C40H29BrN2O4. The number of hydrogen-bond acceptors (Lipinski definition) is 5. The number of ether oxygens (including phenoxy) is 1. The number of hydrogen-bond donors (Lipinski definition) is 1. The third kappa shape index (κ3) is 4.56. The number of carbonyl (C=O) groups excluding carboxylic acids is 3. The molecule has 8 rings (SSSR count). The van der Waals surface area contributed by atoms with Crippen LogP contribution in [-0.2, 0) is 19.7 Å². The minimum absolute atomic E-state index is 0.303. The van der Waals surface area contributed by atoms with Crippen LogP contribution in [0.4, 0.5) is 11.4 Å². The summed E-state index contributed by atoms with van der Waals surface area (Å²) in [5.74, 6) is -2.32. The maximum Gasteiger partial charge on any atom is 0.330 e. The van der Waals surface area contributed by atoms with Crippen molar-refractivity contribution in [1.29, 1.82) is 0 Å². The summed E-state index contributed by atoms with van der Waals surface area (Å²) in [5.41, 5.74) is 3.58. The van der Waals surface area contributed by atoms with Crippen LogP contribution in [0, 0.1) is 5.92 Å². The number of rotatable bonds is 6. The molecule has 5 aromatic carbocycles. The molecule has 1 amide bonds. The topological polar surface area (TPSA) is 75.7 Å². The number of anilines is 2. The molecular weight excluding hydrogens is 652 g/mol. The van der Waals surface area contributed by atoms with Gasteiger partial charge < -0.3 is 15.0 Å². The Bertz CT molecular complexity index is 2010. The molecule has 0 saturated carbocycles. The van der Waals surface area contributed by atoms with E-state index in [1.54, 1.807) is 24.3 Å². The molecule has 1 fully saturated rings. The third-order valence-corrected chi connectivity index (χ3v) is 10.2. The van der Waals surface area contributed by atoms with Gasteiger partial charge in [-0.2, -0.15) is 0 Å². The molecule has 6 nitrogen and oxygen atoms in total. The minimum atomic E-state index is -1.41. The largest absolute Gasteiger partial charge is 0.451 e. The Morgan fingerprint density at radius 3 is 2.09 bits per heavy atom. The van der Waals surface area contributed by atoms with Gasteiger partial charge in [0.25, 0.3) is 0 Å². The highest BCUT2D eigenvalue weighted by Gasteiger charge is 2.71. The number of halogens is 1. The van der Waals surface area contributed by atoms with Crippen molar-refractivity contribution < 1.29 is 19.1 Å². The van der Waals surface area contributed by atoms with Crippen molar-refractivity contribution in [3.63, 3.8) is 0 Å². The fourth-order valence-corrected chi connectivity index (χ4v) is 7.92. The highest BCUT2D eigenvalue weighted by atomic mass is 79.9. The second-order valence-corrected chi connectivity index (χ2v) is 13.0. The van der Waals surface area contributed by atoms with Gasteiger partial charge in [-0.3, -0.25) is 9.59 Å². The zero-order valence-electron chi connectivity index (χ0n) is 25.1. The molecule has 3 aliphatic heterocycles. The molecule has 1 N–H and O–H groups in total. The van der Waals surface area contributed by atoms with E-state index in [9.17, 15) is 4.79 Å². The van der Waals surface area contributed by atoms with Gasteiger partial charge >= 0.3 is 5.97 Å². The summed E-state index contributed by atoms with van der Waals surface area (Å²) in [4.78, 5) is 46.6. The van der Waals surface area contributed by atoms with Crippen LogP contribution in [0.5, 0.6) is 0 Å². The van der Waals surface area contributed by atoms with Crippen molar-refractivity contribution in [3.8, 4) is 0 Å². The summed E-state index contributed by atoms with van der Waals surface area (Å²) < 4.78 is 7.35. The van der Waals surface area contributed by atoms with Crippen LogP contribution < -0.4 is 10.2 Å². The number of carbonyl (C=O) groups is 3. The van der Waals surface area contributed by atoms with Crippen molar-refractivity contribution in [3.05, 3.63) is 172 Å². The molecule has 7 heteroatoms. The zero-order chi connectivity index (χ0) is 32.1. The number of benzene rings is 5. The van der Waals surface area contributed by atoms with E-state index in [1.807, 2.05) is 126 Å². The number of para-hydroxylation sites is 2. The highest BCUT2D eigenvalue weighted by Crippen LogP contribution is 2.58. The van der Waals surface area contributed by atoms with Gasteiger partial charge in [-0.05, 0) is 46.5 Å². The molecule has 3 aliphatic rings. The Kier molecular flexibility index (Phi) is 7.14. The van der Waals surface area contributed by atoms with E-state index in [1.165, 1.54) is 0 Å². The van der Waals surface area contributed by atoms with Crippen molar-refractivity contribution in [2.45, 2.75) is 23.6 Å². The van der Waals surface area contributed by atoms with Gasteiger partial charge in [0.1, 0.15) is 11.5 Å². The molecule has 0 aliphatic carbocycles. The van der Waals surface area contributed by atoms with Gasteiger partial charge in [0, 0.05) is 21.4 Å². The molecule has 1 spiro atoms. The smallest absolute Gasteiger partial charge is 0.330 e. The van der Waals surface area contributed by atoms with Crippen molar-refractivity contribution in [2.24, 2.45) is 5.92 Å². The SMILES string of the molecule is O=C(OC(c1ccccc1)c1ccccc1)C1C(C(=O)c2ccc(Br)cc2)C2(C(=O)Nc3ccccc32)C2C=Cc3ccccc3N12. The first kappa shape index (κ1) is 29.2. The van der Waals surface area contributed by atoms with Gasteiger partial charge in [-0.1, -0.05) is 137 Å². The predicted molar refractivity (Wildman–Crippen MR) is 185 cm³/mol. The van der Waals surface area contributed by atoms with Crippen LogP contribution in [0.25, 0.3) is 6.08 Å². The van der Waals surface area contributed by atoms with Gasteiger partial charge in [-0.15, -0.1) is 0 Å². The Balaban J connectivity index is 1.35. The molecule has 0 bridgehead atoms. The van der Waals surface area contributed by atoms with Gasteiger partial charge in [0.2, 0.25) is 5.91 Å². The summed E-state index contributed by atoms with van der Waals surface area (Å²) in [5, 5.41) is 3.07. The lowest BCUT2D eigenvalue weighted by atomic mass is 9.64. The van der Waals surface area contributed by atoms with Gasteiger partial charge in [-0.25, -0.2) is 4.79 Å². The first-order valence-electron chi connectivity index (χ1n) is 15.5. The molecule has 47 heavy (non-hydrogen) atoms. The summed E-state index contributed by atoms with van der Waals surface area (Å²) in [7, 11) is 0. The average molecular weight is 682 g/mol. The van der Waals surface area contributed by atoms with Gasteiger partial charge in [0.15, 0.2) is 11.9 Å². The lowest BCUT2D eigenvalue weighted by Gasteiger charge is -2.37. The Hall–Kier alpha value is -5.27.